The predicted octanol–water partition coefficient (Wildman–Crippen LogP) is 4.73. The van der Waals surface area contributed by atoms with E-state index >= 15 is 0 Å². The summed E-state index contributed by atoms with van der Waals surface area (Å²) in [4.78, 5) is 24.8. The molecule has 2 amide bonds. The number of rotatable bonds is 8. The van der Waals surface area contributed by atoms with Gasteiger partial charge in [-0.25, -0.2) is 0 Å². The van der Waals surface area contributed by atoms with Crippen molar-refractivity contribution in [3.05, 3.63) is 76.0 Å². The van der Waals surface area contributed by atoms with Crippen molar-refractivity contribution in [2.75, 3.05) is 26.1 Å². The van der Waals surface area contributed by atoms with Gasteiger partial charge in [0.05, 0.1) is 14.2 Å². The Hall–Kier alpha value is -3.32. The zero-order valence-corrected chi connectivity index (χ0v) is 18.8. The molecule has 0 saturated heterocycles. The minimum absolute atomic E-state index is 0.0758. The number of benzene rings is 2. The molecule has 0 saturated carbocycles. The quantitative estimate of drug-likeness (QED) is 0.533. The molecule has 0 unspecified atom stereocenters. The van der Waals surface area contributed by atoms with Crippen molar-refractivity contribution in [2.24, 2.45) is 0 Å². The zero-order valence-electron chi connectivity index (χ0n) is 18.0. The highest BCUT2D eigenvalue weighted by molar-refractivity contribution is 7.08. The topological polar surface area (TPSA) is 76.7 Å². The second kappa shape index (κ2) is 9.66. The molecule has 1 aromatic heterocycles. The maximum absolute atomic E-state index is 12.6. The van der Waals surface area contributed by atoms with Gasteiger partial charge in [-0.3, -0.25) is 9.59 Å². The van der Waals surface area contributed by atoms with Gasteiger partial charge in [-0.15, -0.1) is 0 Å². The van der Waals surface area contributed by atoms with Crippen molar-refractivity contribution in [2.45, 2.75) is 19.3 Å². The van der Waals surface area contributed by atoms with E-state index in [9.17, 15) is 9.59 Å². The molecule has 0 spiro atoms. The average molecular weight is 439 g/mol. The van der Waals surface area contributed by atoms with Crippen molar-refractivity contribution in [1.82, 2.24) is 5.32 Å². The Bertz CT molecular complexity index is 1040. The van der Waals surface area contributed by atoms with Crippen LogP contribution in [-0.2, 0) is 5.41 Å². The van der Waals surface area contributed by atoms with Gasteiger partial charge in [0, 0.05) is 34.2 Å². The third-order valence-corrected chi connectivity index (χ3v) is 5.73. The van der Waals surface area contributed by atoms with E-state index in [1.165, 1.54) is 18.4 Å². The number of carbonyl (C=O) groups is 2. The Balaban J connectivity index is 1.64. The van der Waals surface area contributed by atoms with Crippen LogP contribution in [0.1, 0.15) is 40.1 Å². The van der Waals surface area contributed by atoms with Crippen LogP contribution < -0.4 is 20.1 Å². The van der Waals surface area contributed by atoms with E-state index in [4.69, 9.17) is 9.47 Å². The van der Waals surface area contributed by atoms with Crippen LogP contribution in [-0.4, -0.2) is 32.6 Å². The fourth-order valence-corrected chi connectivity index (χ4v) is 3.72. The first kappa shape index (κ1) is 22.4. The molecule has 1 heterocycles. The fraction of sp³-hybridized carbons (Fsp3) is 0.250. The summed E-state index contributed by atoms with van der Waals surface area (Å²) in [5.41, 5.74) is 2.62. The Kier molecular flexibility index (Phi) is 6.97. The molecular formula is C24H26N2O4S. The number of methoxy groups -OCH3 is 2. The molecule has 3 aromatic rings. The summed E-state index contributed by atoms with van der Waals surface area (Å²) in [5, 5.41) is 9.59. The molecule has 0 radical (unpaired) electrons. The van der Waals surface area contributed by atoms with Crippen LogP contribution in [0.5, 0.6) is 11.5 Å². The summed E-state index contributed by atoms with van der Waals surface area (Å²) < 4.78 is 10.5. The molecular weight excluding hydrogens is 412 g/mol. The van der Waals surface area contributed by atoms with E-state index in [1.54, 1.807) is 25.3 Å². The minimum atomic E-state index is -0.266. The largest absolute Gasteiger partial charge is 0.493 e. The van der Waals surface area contributed by atoms with E-state index < -0.39 is 0 Å². The summed E-state index contributed by atoms with van der Waals surface area (Å²) >= 11 is 1.50. The van der Waals surface area contributed by atoms with Gasteiger partial charge in [-0.1, -0.05) is 26.0 Å². The molecule has 0 aliphatic heterocycles. The number of ether oxygens (including phenoxy) is 2. The molecule has 0 aliphatic rings. The summed E-state index contributed by atoms with van der Waals surface area (Å²) in [6.07, 6.45) is 0. The van der Waals surface area contributed by atoms with Crippen LogP contribution in [0.25, 0.3) is 0 Å². The molecule has 0 aliphatic carbocycles. The van der Waals surface area contributed by atoms with Gasteiger partial charge in [0.15, 0.2) is 11.5 Å². The Morgan fingerprint density at radius 2 is 1.61 bits per heavy atom. The van der Waals surface area contributed by atoms with Gasteiger partial charge < -0.3 is 20.1 Å². The highest BCUT2D eigenvalue weighted by Gasteiger charge is 2.22. The molecule has 6 nitrogen and oxygen atoms in total. The second-order valence-electron chi connectivity index (χ2n) is 7.68. The normalized spacial score (nSPS) is 11.0. The number of anilines is 1. The lowest BCUT2D eigenvalue weighted by atomic mass is 9.84. The van der Waals surface area contributed by atoms with E-state index in [2.05, 4.69) is 24.5 Å². The van der Waals surface area contributed by atoms with Gasteiger partial charge >= 0.3 is 0 Å². The lowest BCUT2D eigenvalue weighted by Gasteiger charge is -2.26. The molecule has 7 heteroatoms. The van der Waals surface area contributed by atoms with Crippen molar-refractivity contribution in [1.29, 1.82) is 0 Å². The lowest BCUT2D eigenvalue weighted by molar-refractivity contribution is 0.0945. The molecule has 31 heavy (non-hydrogen) atoms. The van der Waals surface area contributed by atoms with Crippen LogP contribution in [0.3, 0.4) is 0 Å². The number of hydrogen-bond acceptors (Lipinski definition) is 5. The number of hydrogen-bond donors (Lipinski definition) is 2. The van der Waals surface area contributed by atoms with E-state index in [0.717, 1.165) is 5.56 Å². The summed E-state index contributed by atoms with van der Waals surface area (Å²) in [7, 11) is 3.08. The molecule has 0 fully saturated rings. The third kappa shape index (κ3) is 5.44. The van der Waals surface area contributed by atoms with Gasteiger partial charge in [0.25, 0.3) is 11.8 Å². The number of nitrogens with one attached hydrogen (secondary N) is 2. The Morgan fingerprint density at radius 1 is 0.903 bits per heavy atom. The summed E-state index contributed by atoms with van der Waals surface area (Å²) in [6, 6.07) is 14.5. The molecule has 3 rings (SSSR count). The standard InChI is InChI=1S/C24H26N2O4S/c1-24(2,15-25-22(27)17-11-12-31-14-17)18-6-8-19(9-7-18)26-23(28)16-5-10-20(29-3)21(13-16)30-4/h5-14H,15H2,1-4H3,(H,25,27)(H,26,28). The van der Waals surface area contributed by atoms with Crippen molar-refractivity contribution in [3.8, 4) is 11.5 Å². The predicted molar refractivity (Wildman–Crippen MR) is 124 cm³/mol. The van der Waals surface area contributed by atoms with Crippen LogP contribution in [0.15, 0.2) is 59.3 Å². The van der Waals surface area contributed by atoms with Crippen LogP contribution in [0.4, 0.5) is 5.69 Å². The number of carbonyl (C=O) groups excluding carboxylic acids is 2. The van der Waals surface area contributed by atoms with Crippen LogP contribution >= 0.6 is 11.3 Å². The van der Waals surface area contributed by atoms with Crippen molar-refractivity contribution < 1.29 is 19.1 Å². The first-order valence-corrected chi connectivity index (χ1v) is 10.7. The maximum Gasteiger partial charge on any atom is 0.255 e. The lowest BCUT2D eigenvalue weighted by Crippen LogP contribution is -2.36. The van der Waals surface area contributed by atoms with Crippen LogP contribution in [0.2, 0.25) is 0 Å². The number of thiophene rings is 1. The van der Waals surface area contributed by atoms with E-state index in [-0.39, 0.29) is 17.2 Å². The summed E-state index contributed by atoms with van der Waals surface area (Å²) in [5.74, 6) is 0.748. The number of amides is 2. The highest BCUT2D eigenvalue weighted by Crippen LogP contribution is 2.28. The SMILES string of the molecule is COc1ccc(C(=O)Nc2ccc(C(C)(C)CNC(=O)c3ccsc3)cc2)cc1OC. The van der Waals surface area contributed by atoms with Crippen molar-refractivity contribution in [3.63, 3.8) is 0 Å². The Labute approximate surface area is 186 Å². The third-order valence-electron chi connectivity index (χ3n) is 5.04. The first-order valence-electron chi connectivity index (χ1n) is 9.78. The van der Waals surface area contributed by atoms with Crippen molar-refractivity contribution >= 4 is 28.8 Å². The highest BCUT2D eigenvalue weighted by atomic mass is 32.1. The summed E-state index contributed by atoms with van der Waals surface area (Å²) in [6.45, 7) is 4.63. The van der Waals surface area contributed by atoms with Gasteiger partial charge in [0.1, 0.15) is 0 Å². The first-order chi connectivity index (χ1) is 14.8. The van der Waals surface area contributed by atoms with Gasteiger partial charge in [-0.2, -0.15) is 11.3 Å². The molecule has 0 bridgehead atoms. The molecule has 162 valence electrons. The zero-order chi connectivity index (χ0) is 22.4. The van der Waals surface area contributed by atoms with Gasteiger partial charge in [-0.05, 0) is 47.3 Å². The van der Waals surface area contributed by atoms with Gasteiger partial charge in [0.2, 0.25) is 0 Å². The molecule has 2 aromatic carbocycles. The fourth-order valence-electron chi connectivity index (χ4n) is 3.08. The van der Waals surface area contributed by atoms with Crippen LogP contribution in [0, 0.1) is 0 Å². The molecule has 2 N–H and O–H groups in total. The maximum atomic E-state index is 12.6. The second-order valence-corrected chi connectivity index (χ2v) is 8.46. The molecule has 0 atom stereocenters. The van der Waals surface area contributed by atoms with E-state index in [1.807, 2.05) is 41.1 Å². The van der Waals surface area contributed by atoms with E-state index in [0.29, 0.717) is 34.9 Å². The smallest absolute Gasteiger partial charge is 0.255 e. The monoisotopic (exact) mass is 438 g/mol. The average Bonchev–Trinajstić information content (AvgIpc) is 3.32. The Morgan fingerprint density at radius 3 is 2.23 bits per heavy atom. The minimum Gasteiger partial charge on any atom is -0.493 e.